The molecule has 0 saturated carbocycles. The summed E-state index contributed by atoms with van der Waals surface area (Å²) in [5.74, 6) is 0. The summed E-state index contributed by atoms with van der Waals surface area (Å²) in [6.07, 6.45) is 3.18. The van der Waals surface area contributed by atoms with Gasteiger partial charge in [0.05, 0.1) is 11.5 Å². The van der Waals surface area contributed by atoms with Crippen LogP contribution in [0.15, 0.2) is 29.2 Å². The molecule has 0 radical (unpaired) electrons. The van der Waals surface area contributed by atoms with Gasteiger partial charge in [-0.05, 0) is 43.5 Å². The summed E-state index contributed by atoms with van der Waals surface area (Å²) in [5.41, 5.74) is 0.552. The van der Waals surface area contributed by atoms with Gasteiger partial charge in [-0.15, -0.1) is 0 Å². The van der Waals surface area contributed by atoms with Crippen molar-refractivity contribution < 1.29 is 18.3 Å². The fraction of sp³-hybridized carbons (Fsp3) is 0.500. The van der Waals surface area contributed by atoms with Gasteiger partial charge >= 0.3 is 6.03 Å². The normalized spacial score (nSPS) is 15.6. The lowest BCUT2D eigenvalue weighted by molar-refractivity contribution is 0.200. The molecule has 22 heavy (non-hydrogen) atoms. The zero-order valence-corrected chi connectivity index (χ0v) is 13.1. The van der Waals surface area contributed by atoms with Gasteiger partial charge < -0.3 is 15.3 Å². The second-order valence-corrected chi connectivity index (χ2v) is 6.89. The second-order valence-electron chi connectivity index (χ2n) is 5.12. The first-order valence-corrected chi connectivity index (χ1v) is 8.78. The predicted octanol–water partition coefficient (Wildman–Crippen LogP) is 0.975. The molecule has 1 saturated heterocycles. The summed E-state index contributed by atoms with van der Waals surface area (Å²) in [4.78, 5) is 13.9. The molecule has 0 aliphatic carbocycles. The molecule has 7 nitrogen and oxygen atoms in total. The minimum atomic E-state index is -3.62. The molecule has 2 rings (SSSR count). The minimum Gasteiger partial charge on any atom is -0.395 e. The van der Waals surface area contributed by atoms with Crippen LogP contribution in [0.4, 0.5) is 10.5 Å². The molecule has 0 atom stereocenters. The maximum Gasteiger partial charge on any atom is 0.321 e. The number of anilines is 1. The third kappa shape index (κ3) is 4.43. The van der Waals surface area contributed by atoms with E-state index >= 15 is 0 Å². The number of hydrogen-bond donors (Lipinski definition) is 3. The molecule has 1 aromatic carbocycles. The molecule has 1 fully saturated rings. The Labute approximate surface area is 130 Å². The highest BCUT2D eigenvalue weighted by Gasteiger charge is 2.17. The number of likely N-dealkylation sites (tertiary alicyclic amines) is 1. The number of urea groups is 1. The number of aliphatic hydroxyl groups is 1. The SMILES string of the molecule is O=C(Nc1ccc(S(=O)(=O)NCCO)cc1)N1CCCCC1. The zero-order valence-electron chi connectivity index (χ0n) is 12.3. The maximum atomic E-state index is 12.0. The third-order valence-electron chi connectivity index (χ3n) is 3.46. The van der Waals surface area contributed by atoms with E-state index in [0.717, 1.165) is 32.4 Å². The highest BCUT2D eigenvalue weighted by molar-refractivity contribution is 7.89. The molecule has 1 aliphatic heterocycles. The Morgan fingerprint density at radius 2 is 1.77 bits per heavy atom. The summed E-state index contributed by atoms with van der Waals surface area (Å²) in [6, 6.07) is 5.79. The van der Waals surface area contributed by atoms with Crippen molar-refractivity contribution >= 4 is 21.7 Å². The van der Waals surface area contributed by atoms with Crippen LogP contribution in [0.1, 0.15) is 19.3 Å². The fourth-order valence-corrected chi connectivity index (χ4v) is 3.30. The quantitative estimate of drug-likeness (QED) is 0.750. The van der Waals surface area contributed by atoms with Gasteiger partial charge in [-0.25, -0.2) is 17.9 Å². The van der Waals surface area contributed by atoms with Crippen LogP contribution in [0.2, 0.25) is 0 Å². The number of carbonyl (C=O) groups excluding carboxylic acids is 1. The number of sulfonamides is 1. The Morgan fingerprint density at radius 1 is 1.14 bits per heavy atom. The highest BCUT2D eigenvalue weighted by atomic mass is 32.2. The van der Waals surface area contributed by atoms with Crippen molar-refractivity contribution in [1.29, 1.82) is 0 Å². The third-order valence-corrected chi connectivity index (χ3v) is 4.94. The van der Waals surface area contributed by atoms with E-state index in [1.54, 1.807) is 17.0 Å². The van der Waals surface area contributed by atoms with E-state index in [1.165, 1.54) is 12.1 Å². The monoisotopic (exact) mass is 327 g/mol. The van der Waals surface area contributed by atoms with Gasteiger partial charge in [-0.2, -0.15) is 0 Å². The number of rotatable bonds is 5. The van der Waals surface area contributed by atoms with Crippen molar-refractivity contribution in [3.8, 4) is 0 Å². The summed E-state index contributed by atoms with van der Waals surface area (Å²) < 4.78 is 26.0. The molecule has 1 aromatic rings. The number of benzene rings is 1. The number of carbonyl (C=O) groups is 1. The minimum absolute atomic E-state index is 0.0320. The van der Waals surface area contributed by atoms with E-state index in [1.807, 2.05) is 0 Å². The Bertz CT molecular complexity index is 595. The van der Waals surface area contributed by atoms with Crippen LogP contribution in [-0.2, 0) is 10.0 Å². The molecular formula is C14H21N3O4S. The lowest BCUT2D eigenvalue weighted by atomic mass is 10.1. The number of nitrogens with one attached hydrogen (secondary N) is 2. The van der Waals surface area contributed by atoms with Crippen molar-refractivity contribution in [3.63, 3.8) is 0 Å². The molecule has 122 valence electrons. The summed E-state index contributed by atoms with van der Waals surface area (Å²) in [5, 5.41) is 11.4. The number of aliphatic hydroxyl groups excluding tert-OH is 1. The largest absolute Gasteiger partial charge is 0.395 e. The molecule has 1 heterocycles. The van der Waals surface area contributed by atoms with E-state index in [-0.39, 0.29) is 24.1 Å². The molecule has 3 N–H and O–H groups in total. The topological polar surface area (TPSA) is 98.7 Å². The van der Waals surface area contributed by atoms with Crippen molar-refractivity contribution in [3.05, 3.63) is 24.3 Å². The van der Waals surface area contributed by atoms with Crippen molar-refractivity contribution in [2.24, 2.45) is 0 Å². The van der Waals surface area contributed by atoms with Crippen LogP contribution in [0.5, 0.6) is 0 Å². The van der Waals surface area contributed by atoms with Crippen molar-refractivity contribution in [2.45, 2.75) is 24.2 Å². The number of piperidine rings is 1. The Hall–Kier alpha value is -1.64. The number of amides is 2. The van der Waals surface area contributed by atoms with E-state index < -0.39 is 10.0 Å². The van der Waals surface area contributed by atoms with Crippen LogP contribution >= 0.6 is 0 Å². The molecule has 8 heteroatoms. The first-order chi connectivity index (χ1) is 10.5. The summed E-state index contributed by atoms with van der Waals surface area (Å²) in [6.45, 7) is 1.21. The van der Waals surface area contributed by atoms with Gasteiger partial charge in [0.25, 0.3) is 0 Å². The molecule has 0 bridgehead atoms. The average Bonchev–Trinajstić information content (AvgIpc) is 2.54. The average molecular weight is 327 g/mol. The molecule has 0 unspecified atom stereocenters. The highest BCUT2D eigenvalue weighted by Crippen LogP contribution is 2.16. The van der Waals surface area contributed by atoms with E-state index in [9.17, 15) is 13.2 Å². The van der Waals surface area contributed by atoms with Crippen LogP contribution < -0.4 is 10.0 Å². The smallest absolute Gasteiger partial charge is 0.321 e. The van der Waals surface area contributed by atoms with Gasteiger partial charge in [-0.1, -0.05) is 0 Å². The van der Waals surface area contributed by atoms with Crippen molar-refractivity contribution in [1.82, 2.24) is 9.62 Å². The van der Waals surface area contributed by atoms with Crippen LogP contribution in [0.3, 0.4) is 0 Å². The Morgan fingerprint density at radius 3 is 2.36 bits per heavy atom. The first kappa shape index (κ1) is 16.7. The predicted molar refractivity (Wildman–Crippen MR) is 83.2 cm³/mol. The lowest BCUT2D eigenvalue weighted by Gasteiger charge is -2.26. The number of nitrogens with zero attached hydrogens (tertiary/aromatic N) is 1. The Kier molecular flexibility index (Phi) is 5.76. The van der Waals surface area contributed by atoms with E-state index in [2.05, 4.69) is 10.0 Å². The molecular weight excluding hydrogens is 306 g/mol. The van der Waals surface area contributed by atoms with Gasteiger partial charge in [-0.3, -0.25) is 0 Å². The van der Waals surface area contributed by atoms with Gasteiger partial charge in [0, 0.05) is 25.3 Å². The number of hydrogen-bond acceptors (Lipinski definition) is 4. The standard InChI is InChI=1S/C14H21N3O4S/c18-11-8-15-22(20,21)13-6-4-12(5-7-13)16-14(19)17-9-2-1-3-10-17/h4-7,15,18H,1-3,8-11H2,(H,16,19). The van der Waals surface area contributed by atoms with E-state index in [0.29, 0.717) is 5.69 Å². The first-order valence-electron chi connectivity index (χ1n) is 7.29. The van der Waals surface area contributed by atoms with Gasteiger partial charge in [0.1, 0.15) is 0 Å². The lowest BCUT2D eigenvalue weighted by Crippen LogP contribution is -2.38. The molecule has 2 amide bonds. The molecule has 0 spiro atoms. The second kappa shape index (κ2) is 7.57. The van der Waals surface area contributed by atoms with Crippen LogP contribution in [0, 0.1) is 0 Å². The van der Waals surface area contributed by atoms with Gasteiger partial charge in [0.2, 0.25) is 10.0 Å². The molecule has 0 aromatic heterocycles. The fourth-order valence-electron chi connectivity index (χ4n) is 2.28. The Balaban J connectivity index is 1.98. The van der Waals surface area contributed by atoms with Gasteiger partial charge in [0.15, 0.2) is 0 Å². The van der Waals surface area contributed by atoms with Crippen molar-refractivity contribution in [2.75, 3.05) is 31.6 Å². The maximum absolute atomic E-state index is 12.0. The van der Waals surface area contributed by atoms with Crippen LogP contribution in [0.25, 0.3) is 0 Å². The zero-order chi connectivity index (χ0) is 16.0. The summed E-state index contributed by atoms with van der Waals surface area (Å²) in [7, 11) is -3.62. The van der Waals surface area contributed by atoms with Crippen LogP contribution in [-0.4, -0.2) is 50.7 Å². The molecule has 1 aliphatic rings. The van der Waals surface area contributed by atoms with E-state index in [4.69, 9.17) is 5.11 Å². The summed E-state index contributed by atoms with van der Waals surface area (Å²) >= 11 is 0.